The Balaban J connectivity index is 1.56. The number of ether oxygens (including phenoxy) is 1. The quantitative estimate of drug-likeness (QED) is 0.461. The summed E-state index contributed by atoms with van der Waals surface area (Å²) in [7, 11) is 0. The van der Waals surface area contributed by atoms with E-state index in [9.17, 15) is 9.59 Å². The lowest BCUT2D eigenvalue weighted by Gasteiger charge is -2.07. The van der Waals surface area contributed by atoms with Crippen molar-refractivity contribution in [2.45, 2.75) is 20.0 Å². The zero-order chi connectivity index (χ0) is 23.2. The maximum atomic E-state index is 13.1. The number of nitrogens with one attached hydrogen (secondary N) is 1. The molecule has 0 bridgehead atoms. The summed E-state index contributed by atoms with van der Waals surface area (Å²) in [5.41, 5.74) is 2.69. The molecule has 0 saturated carbocycles. The average Bonchev–Trinajstić information content (AvgIpc) is 3.14. The summed E-state index contributed by atoms with van der Waals surface area (Å²) < 4.78 is 7.36. The van der Waals surface area contributed by atoms with Crippen molar-refractivity contribution in [1.82, 2.24) is 9.78 Å². The predicted molar refractivity (Wildman–Crippen MR) is 128 cm³/mol. The Bertz CT molecular complexity index is 1410. The normalized spacial score (nSPS) is 12.2. The first-order valence-corrected chi connectivity index (χ1v) is 10.7. The average molecular weight is 440 g/mol. The summed E-state index contributed by atoms with van der Waals surface area (Å²) in [5, 5.41) is 13.6. The van der Waals surface area contributed by atoms with Crippen molar-refractivity contribution in [1.29, 1.82) is 0 Å². The minimum atomic E-state index is -0.952. The van der Waals surface area contributed by atoms with Crippen LogP contribution in [0.5, 0.6) is 5.75 Å². The fourth-order valence-corrected chi connectivity index (χ4v) is 3.46. The van der Waals surface area contributed by atoms with Crippen LogP contribution in [0.4, 0.5) is 0 Å². The van der Waals surface area contributed by atoms with Gasteiger partial charge in [0.2, 0.25) is 0 Å². The van der Waals surface area contributed by atoms with E-state index in [0.717, 1.165) is 28.6 Å². The van der Waals surface area contributed by atoms with Gasteiger partial charge in [-0.15, -0.1) is 0 Å². The smallest absolute Gasteiger partial charge is 0.335 e. The number of nitrogens with zero attached hydrogens (tertiary/aromatic N) is 1. The van der Waals surface area contributed by atoms with Gasteiger partial charge in [0.25, 0.3) is 5.56 Å². The fourth-order valence-electron chi connectivity index (χ4n) is 3.46. The van der Waals surface area contributed by atoms with E-state index in [4.69, 9.17) is 9.84 Å². The summed E-state index contributed by atoms with van der Waals surface area (Å²) in [6, 6.07) is 23.6. The number of aromatic nitrogens is 2. The number of aromatic carboxylic acids is 1. The zero-order valence-electron chi connectivity index (χ0n) is 18.2. The Morgan fingerprint density at radius 3 is 2.33 bits per heavy atom. The molecule has 0 aliphatic carbocycles. The van der Waals surface area contributed by atoms with Gasteiger partial charge in [0, 0.05) is 0 Å². The number of hydrogen-bond acceptors (Lipinski definition) is 3. The van der Waals surface area contributed by atoms with Crippen molar-refractivity contribution in [3.63, 3.8) is 0 Å². The van der Waals surface area contributed by atoms with E-state index in [0.29, 0.717) is 17.6 Å². The second-order valence-corrected chi connectivity index (χ2v) is 7.53. The number of carboxylic acids is 1. The van der Waals surface area contributed by atoms with Gasteiger partial charge in [-0.05, 0) is 60.0 Å². The molecule has 3 aromatic carbocycles. The van der Waals surface area contributed by atoms with Crippen LogP contribution in [0.3, 0.4) is 0 Å². The number of para-hydroxylation sites is 1. The van der Waals surface area contributed by atoms with E-state index in [1.54, 1.807) is 28.9 Å². The van der Waals surface area contributed by atoms with Crippen molar-refractivity contribution in [2.24, 2.45) is 0 Å². The van der Waals surface area contributed by atoms with Crippen LogP contribution in [-0.2, 0) is 6.61 Å². The monoisotopic (exact) mass is 440 g/mol. The molecule has 0 atom stereocenters. The minimum Gasteiger partial charge on any atom is -0.489 e. The molecule has 0 radical (unpaired) electrons. The number of H-pyrrole nitrogens is 1. The van der Waals surface area contributed by atoms with Crippen molar-refractivity contribution >= 4 is 18.1 Å². The van der Waals surface area contributed by atoms with E-state index in [2.05, 4.69) is 5.10 Å². The molecule has 6 nitrogen and oxygen atoms in total. The van der Waals surface area contributed by atoms with Gasteiger partial charge < -0.3 is 9.84 Å². The van der Waals surface area contributed by atoms with E-state index in [-0.39, 0.29) is 11.1 Å². The van der Waals surface area contributed by atoms with Crippen LogP contribution in [0.2, 0.25) is 0 Å². The van der Waals surface area contributed by atoms with Crippen LogP contribution in [0.15, 0.2) is 83.7 Å². The molecule has 1 heterocycles. The number of benzene rings is 3. The number of aromatic amines is 1. The highest BCUT2D eigenvalue weighted by Crippen LogP contribution is 2.15. The first-order chi connectivity index (χ1) is 16.0. The maximum absolute atomic E-state index is 13.1. The molecule has 0 fully saturated rings. The van der Waals surface area contributed by atoms with Crippen LogP contribution in [0, 0.1) is 0 Å². The Hall–Kier alpha value is -4.32. The van der Waals surface area contributed by atoms with Crippen molar-refractivity contribution in [3.8, 4) is 11.4 Å². The van der Waals surface area contributed by atoms with Crippen LogP contribution in [-0.4, -0.2) is 20.9 Å². The SMILES string of the molecule is CC/C=c1\[nH]n(-c2ccccc2)c(=O)\c1=C\c1ccc(OCc2ccc(C(=O)O)cc2)cc1. The standard InChI is InChI=1S/C27H24N2O4/c1-2-6-25-24(26(30)29(28-25)22-7-4-3-5-8-22)17-19-11-15-23(16-12-19)33-18-20-9-13-21(14-10-20)27(31)32/h3-17,28H,2,18H2,1H3,(H,31,32)/b24-17+,25-6-. The number of carboxylic acid groups (broad SMARTS) is 1. The van der Waals surface area contributed by atoms with Crippen molar-refractivity contribution in [2.75, 3.05) is 0 Å². The van der Waals surface area contributed by atoms with E-state index in [1.807, 2.05) is 73.7 Å². The first-order valence-electron chi connectivity index (χ1n) is 10.7. The topological polar surface area (TPSA) is 84.3 Å². The summed E-state index contributed by atoms with van der Waals surface area (Å²) in [6.45, 7) is 2.36. The molecule has 6 heteroatoms. The summed E-state index contributed by atoms with van der Waals surface area (Å²) in [4.78, 5) is 24.0. The van der Waals surface area contributed by atoms with Gasteiger partial charge in [-0.3, -0.25) is 9.89 Å². The second kappa shape index (κ2) is 9.87. The van der Waals surface area contributed by atoms with Crippen LogP contribution in [0.1, 0.15) is 34.8 Å². The lowest BCUT2D eigenvalue weighted by Crippen LogP contribution is -2.34. The highest BCUT2D eigenvalue weighted by atomic mass is 16.5. The molecule has 166 valence electrons. The number of rotatable bonds is 7. The molecule has 0 spiro atoms. The molecule has 0 aliphatic heterocycles. The Labute approximate surface area is 190 Å². The van der Waals surface area contributed by atoms with Crippen LogP contribution in [0.25, 0.3) is 17.8 Å². The van der Waals surface area contributed by atoms with Crippen LogP contribution < -0.4 is 20.9 Å². The highest BCUT2D eigenvalue weighted by molar-refractivity contribution is 5.87. The number of hydrogen-bond donors (Lipinski definition) is 2. The van der Waals surface area contributed by atoms with E-state index < -0.39 is 5.97 Å². The molecule has 33 heavy (non-hydrogen) atoms. The summed E-state index contributed by atoms with van der Waals surface area (Å²) >= 11 is 0. The molecule has 0 aliphatic rings. The summed E-state index contributed by atoms with van der Waals surface area (Å²) in [6.07, 6.45) is 4.67. The molecular formula is C27H24N2O4. The second-order valence-electron chi connectivity index (χ2n) is 7.53. The lowest BCUT2D eigenvalue weighted by atomic mass is 10.1. The maximum Gasteiger partial charge on any atom is 0.335 e. The van der Waals surface area contributed by atoms with E-state index >= 15 is 0 Å². The van der Waals surface area contributed by atoms with E-state index in [1.165, 1.54) is 0 Å². The van der Waals surface area contributed by atoms with Gasteiger partial charge >= 0.3 is 5.97 Å². The first kappa shape index (κ1) is 21.9. The fraction of sp³-hybridized carbons (Fsp3) is 0.111. The van der Waals surface area contributed by atoms with Gasteiger partial charge in [-0.1, -0.05) is 55.5 Å². The molecule has 2 N–H and O–H groups in total. The van der Waals surface area contributed by atoms with Crippen molar-refractivity contribution < 1.29 is 14.6 Å². The molecule has 1 aromatic heterocycles. The minimum absolute atomic E-state index is 0.106. The Kier molecular flexibility index (Phi) is 6.55. The zero-order valence-corrected chi connectivity index (χ0v) is 18.2. The van der Waals surface area contributed by atoms with Gasteiger partial charge in [0.1, 0.15) is 12.4 Å². The number of carbonyl (C=O) groups is 1. The van der Waals surface area contributed by atoms with Crippen LogP contribution >= 0.6 is 0 Å². The highest BCUT2D eigenvalue weighted by Gasteiger charge is 2.06. The molecule has 0 amide bonds. The van der Waals surface area contributed by atoms with Crippen molar-refractivity contribution in [3.05, 3.63) is 116 Å². The largest absolute Gasteiger partial charge is 0.489 e. The van der Waals surface area contributed by atoms with Gasteiger partial charge in [-0.25, -0.2) is 9.48 Å². The third-order valence-corrected chi connectivity index (χ3v) is 5.18. The molecule has 4 aromatic rings. The third-order valence-electron chi connectivity index (χ3n) is 5.18. The lowest BCUT2D eigenvalue weighted by molar-refractivity contribution is 0.0697. The predicted octanol–water partition coefficient (Wildman–Crippen LogP) is 3.46. The summed E-state index contributed by atoms with van der Waals surface area (Å²) in [5.74, 6) is -0.266. The molecule has 0 saturated heterocycles. The Morgan fingerprint density at radius 2 is 1.70 bits per heavy atom. The molecule has 4 rings (SSSR count). The van der Waals surface area contributed by atoms with Gasteiger partial charge in [0.15, 0.2) is 0 Å². The molecule has 0 unspecified atom stereocenters. The van der Waals surface area contributed by atoms with Gasteiger partial charge in [-0.2, -0.15) is 0 Å². The third kappa shape index (κ3) is 5.13. The Morgan fingerprint density at radius 1 is 1.00 bits per heavy atom. The van der Waals surface area contributed by atoms with Gasteiger partial charge in [0.05, 0.1) is 21.8 Å². The molecular weight excluding hydrogens is 416 g/mol.